The van der Waals surface area contributed by atoms with Crippen LogP contribution in [0.15, 0.2) is 18.2 Å². The molecule has 0 saturated carbocycles. The number of anilines is 1. The quantitative estimate of drug-likeness (QED) is 0.732. The van der Waals surface area contributed by atoms with E-state index in [1.54, 1.807) is 0 Å². The van der Waals surface area contributed by atoms with Crippen LogP contribution in [0.25, 0.3) is 0 Å². The van der Waals surface area contributed by atoms with Gasteiger partial charge in [0.15, 0.2) is 0 Å². The van der Waals surface area contributed by atoms with Gasteiger partial charge in [-0.3, -0.25) is 0 Å². The van der Waals surface area contributed by atoms with Crippen molar-refractivity contribution in [2.45, 2.75) is 26.9 Å². The summed E-state index contributed by atoms with van der Waals surface area (Å²) in [5.74, 6) is 0.503. The third-order valence-electron chi connectivity index (χ3n) is 2.49. The lowest BCUT2D eigenvalue weighted by Gasteiger charge is -2.15. The number of aliphatic hydroxyl groups excluding tert-OH is 1. The highest BCUT2D eigenvalue weighted by molar-refractivity contribution is 14.1. The van der Waals surface area contributed by atoms with E-state index >= 15 is 0 Å². The number of aryl methyl sites for hydroxylation is 1. The Morgan fingerprint density at radius 3 is 2.72 bits per heavy atom. The fraction of sp³-hybridized carbons (Fsp3) is 0.571. The molecule has 2 N–H and O–H groups in total. The summed E-state index contributed by atoms with van der Waals surface area (Å²) in [6, 6.07) is 6.23. The summed E-state index contributed by atoms with van der Waals surface area (Å²) in [7, 11) is 0. The van der Waals surface area contributed by atoms with E-state index in [-0.39, 0.29) is 0 Å². The number of aliphatic hydroxyl groups is 1. The molecule has 0 fully saturated rings. The molecule has 0 heterocycles. The van der Waals surface area contributed by atoms with Gasteiger partial charge in [-0.25, -0.2) is 0 Å². The van der Waals surface area contributed by atoms with Crippen LogP contribution in [0.1, 0.15) is 19.4 Å². The predicted molar refractivity (Wildman–Crippen MR) is 84.0 cm³/mol. The van der Waals surface area contributed by atoms with Gasteiger partial charge in [-0.2, -0.15) is 0 Å². The highest BCUT2D eigenvalue weighted by atomic mass is 127. The third kappa shape index (κ3) is 6.02. The van der Waals surface area contributed by atoms with Crippen molar-refractivity contribution in [3.63, 3.8) is 0 Å². The zero-order valence-electron chi connectivity index (χ0n) is 11.2. The van der Waals surface area contributed by atoms with Crippen LogP contribution in [0.2, 0.25) is 0 Å². The number of halogens is 1. The third-order valence-corrected chi connectivity index (χ3v) is 3.16. The molecule has 0 aliphatic heterocycles. The maximum Gasteiger partial charge on any atom is 0.0945 e. The summed E-state index contributed by atoms with van der Waals surface area (Å²) in [5, 5.41) is 13.1. The first-order valence-electron chi connectivity index (χ1n) is 6.25. The van der Waals surface area contributed by atoms with Crippen molar-refractivity contribution < 1.29 is 9.84 Å². The highest BCUT2D eigenvalue weighted by Crippen LogP contribution is 2.17. The first-order chi connectivity index (χ1) is 8.49. The smallest absolute Gasteiger partial charge is 0.0945 e. The summed E-state index contributed by atoms with van der Waals surface area (Å²) in [4.78, 5) is 0. The Hall–Kier alpha value is -0.330. The SMILES string of the molecule is Cc1ccc(I)cc1NCC(O)COCC(C)C. The molecular formula is C14H22INO2. The molecule has 0 spiro atoms. The molecule has 18 heavy (non-hydrogen) atoms. The van der Waals surface area contributed by atoms with Crippen molar-refractivity contribution in [2.75, 3.05) is 25.1 Å². The van der Waals surface area contributed by atoms with Gasteiger partial charge in [0.1, 0.15) is 0 Å². The second-order valence-electron chi connectivity index (χ2n) is 4.93. The van der Waals surface area contributed by atoms with E-state index < -0.39 is 6.10 Å². The number of rotatable bonds is 7. The second kappa shape index (κ2) is 7.96. The minimum absolute atomic E-state index is 0.383. The Kier molecular flexibility index (Phi) is 6.96. The minimum Gasteiger partial charge on any atom is -0.389 e. The van der Waals surface area contributed by atoms with Crippen molar-refractivity contribution in [2.24, 2.45) is 5.92 Å². The average Bonchev–Trinajstić information content (AvgIpc) is 2.30. The lowest BCUT2D eigenvalue weighted by molar-refractivity contribution is 0.0318. The van der Waals surface area contributed by atoms with Crippen molar-refractivity contribution in [1.29, 1.82) is 0 Å². The van der Waals surface area contributed by atoms with Gasteiger partial charge in [0, 0.05) is 22.4 Å². The van der Waals surface area contributed by atoms with Gasteiger partial charge >= 0.3 is 0 Å². The van der Waals surface area contributed by atoms with Gasteiger partial charge in [0.25, 0.3) is 0 Å². The highest BCUT2D eigenvalue weighted by Gasteiger charge is 2.06. The largest absolute Gasteiger partial charge is 0.389 e. The number of ether oxygens (including phenoxy) is 1. The molecule has 4 heteroatoms. The molecule has 102 valence electrons. The predicted octanol–water partition coefficient (Wildman–Crippen LogP) is 3.05. The number of hydrogen-bond acceptors (Lipinski definition) is 3. The number of hydrogen-bond donors (Lipinski definition) is 2. The van der Waals surface area contributed by atoms with Crippen LogP contribution in [-0.2, 0) is 4.74 Å². The first kappa shape index (κ1) is 15.7. The molecule has 1 aromatic carbocycles. The standard InChI is InChI=1S/C14H22INO2/c1-10(2)8-18-9-13(17)7-16-14-6-12(15)5-4-11(14)3/h4-6,10,13,16-17H,7-9H2,1-3H3. The maximum absolute atomic E-state index is 9.79. The van der Waals surface area contributed by atoms with Gasteiger partial charge in [0.2, 0.25) is 0 Å². The van der Waals surface area contributed by atoms with E-state index in [1.165, 1.54) is 9.13 Å². The Morgan fingerprint density at radius 2 is 2.06 bits per heavy atom. The zero-order chi connectivity index (χ0) is 13.5. The van der Waals surface area contributed by atoms with Crippen LogP contribution in [0.5, 0.6) is 0 Å². The lowest BCUT2D eigenvalue weighted by atomic mass is 10.2. The minimum atomic E-state index is -0.471. The molecule has 0 aliphatic rings. The van der Waals surface area contributed by atoms with Gasteiger partial charge in [0.05, 0.1) is 12.7 Å². The van der Waals surface area contributed by atoms with Crippen molar-refractivity contribution in [3.05, 3.63) is 27.3 Å². The zero-order valence-corrected chi connectivity index (χ0v) is 13.4. The van der Waals surface area contributed by atoms with E-state index in [9.17, 15) is 5.11 Å². The molecule has 0 aromatic heterocycles. The molecule has 0 amide bonds. The van der Waals surface area contributed by atoms with Crippen LogP contribution in [-0.4, -0.2) is 31.0 Å². The molecule has 0 radical (unpaired) electrons. The first-order valence-corrected chi connectivity index (χ1v) is 7.32. The molecular weight excluding hydrogens is 341 g/mol. The molecule has 1 atom stereocenters. The fourth-order valence-corrected chi connectivity index (χ4v) is 2.00. The normalized spacial score (nSPS) is 12.8. The Morgan fingerprint density at radius 1 is 1.33 bits per heavy atom. The summed E-state index contributed by atoms with van der Waals surface area (Å²) in [5.41, 5.74) is 2.26. The average molecular weight is 363 g/mol. The molecule has 0 saturated heterocycles. The van der Waals surface area contributed by atoms with Crippen molar-refractivity contribution in [3.8, 4) is 0 Å². The van der Waals surface area contributed by atoms with Crippen molar-refractivity contribution in [1.82, 2.24) is 0 Å². The van der Waals surface area contributed by atoms with Gasteiger partial charge in [-0.1, -0.05) is 19.9 Å². The van der Waals surface area contributed by atoms with Gasteiger partial charge < -0.3 is 15.2 Å². The lowest BCUT2D eigenvalue weighted by Crippen LogP contribution is -2.26. The van der Waals surface area contributed by atoms with Crippen LogP contribution in [0, 0.1) is 16.4 Å². The molecule has 1 rings (SSSR count). The van der Waals surface area contributed by atoms with E-state index in [1.807, 2.05) is 0 Å². The van der Waals surface area contributed by atoms with Gasteiger partial charge in [-0.05, 0) is 53.1 Å². The summed E-state index contributed by atoms with van der Waals surface area (Å²) >= 11 is 2.28. The Bertz CT molecular complexity index is 369. The summed E-state index contributed by atoms with van der Waals surface area (Å²) in [6.45, 7) is 7.84. The Labute approximate surface area is 123 Å². The van der Waals surface area contributed by atoms with Crippen molar-refractivity contribution >= 4 is 28.3 Å². The molecule has 0 aliphatic carbocycles. The van der Waals surface area contributed by atoms with Gasteiger partial charge in [-0.15, -0.1) is 0 Å². The van der Waals surface area contributed by atoms with Crippen LogP contribution >= 0.6 is 22.6 Å². The molecule has 3 nitrogen and oxygen atoms in total. The fourth-order valence-electron chi connectivity index (χ4n) is 1.51. The number of nitrogens with one attached hydrogen (secondary N) is 1. The Balaban J connectivity index is 2.33. The maximum atomic E-state index is 9.79. The number of benzene rings is 1. The monoisotopic (exact) mass is 363 g/mol. The van der Waals surface area contributed by atoms with E-state index in [0.29, 0.717) is 25.7 Å². The summed E-state index contributed by atoms with van der Waals surface area (Å²) in [6.07, 6.45) is -0.471. The van der Waals surface area contributed by atoms with E-state index in [0.717, 1.165) is 5.69 Å². The van der Waals surface area contributed by atoms with E-state index in [2.05, 4.69) is 66.9 Å². The molecule has 1 aromatic rings. The second-order valence-corrected chi connectivity index (χ2v) is 6.17. The van der Waals surface area contributed by atoms with Crippen LogP contribution in [0.4, 0.5) is 5.69 Å². The van der Waals surface area contributed by atoms with Crippen LogP contribution in [0.3, 0.4) is 0 Å². The van der Waals surface area contributed by atoms with E-state index in [4.69, 9.17) is 4.74 Å². The topological polar surface area (TPSA) is 41.5 Å². The van der Waals surface area contributed by atoms with Crippen LogP contribution < -0.4 is 5.32 Å². The summed E-state index contributed by atoms with van der Waals surface area (Å²) < 4.78 is 6.59. The molecule has 0 bridgehead atoms. The molecule has 1 unspecified atom stereocenters.